The predicted molar refractivity (Wildman–Crippen MR) is 72.3 cm³/mol. The first-order valence-electron chi connectivity index (χ1n) is 6.45. The van der Waals surface area contributed by atoms with Crippen LogP contribution in [0.5, 0.6) is 0 Å². The summed E-state index contributed by atoms with van der Waals surface area (Å²) in [4.78, 5) is 1.78. The number of rotatable bonds is 6. The molecule has 0 spiro atoms. The molecule has 0 fully saturated rings. The number of likely N-dealkylation sites (N-methyl/N-ethyl adjacent to an activating group) is 1. The zero-order valence-corrected chi connectivity index (χ0v) is 12.3. The number of hydrogen-bond acceptors (Lipinski definition) is 3. The Morgan fingerprint density at radius 1 is 1.24 bits per heavy atom. The van der Waals surface area contributed by atoms with Crippen LogP contribution in [0.25, 0.3) is 0 Å². The van der Waals surface area contributed by atoms with E-state index < -0.39 is 23.2 Å². The fourth-order valence-corrected chi connectivity index (χ4v) is 2.17. The molecule has 0 aliphatic rings. The van der Waals surface area contributed by atoms with E-state index in [2.05, 4.69) is 5.32 Å². The summed E-state index contributed by atoms with van der Waals surface area (Å²) in [7, 11) is 3.58. The van der Waals surface area contributed by atoms with Crippen LogP contribution >= 0.6 is 0 Å². The van der Waals surface area contributed by atoms with Crippen LogP contribution < -0.4 is 5.32 Å². The second-order valence-corrected chi connectivity index (χ2v) is 5.64. The summed E-state index contributed by atoms with van der Waals surface area (Å²) >= 11 is 0. The molecular formula is C14H20F4N2O. The third-order valence-electron chi connectivity index (χ3n) is 2.86. The molecule has 0 aromatic heterocycles. The molecule has 1 rings (SSSR count). The van der Waals surface area contributed by atoms with Gasteiger partial charge in [-0.25, -0.2) is 4.39 Å². The van der Waals surface area contributed by atoms with E-state index in [0.29, 0.717) is 12.6 Å². The van der Waals surface area contributed by atoms with Gasteiger partial charge in [-0.1, -0.05) is 6.07 Å². The summed E-state index contributed by atoms with van der Waals surface area (Å²) in [5.74, 6) is -0.925. The van der Waals surface area contributed by atoms with E-state index in [1.165, 1.54) is 0 Å². The Balaban J connectivity index is 2.72. The van der Waals surface area contributed by atoms with Crippen molar-refractivity contribution in [1.29, 1.82) is 0 Å². The smallest absolute Gasteiger partial charge is 0.388 e. The molecule has 120 valence electrons. The van der Waals surface area contributed by atoms with Crippen LogP contribution in [-0.4, -0.2) is 42.8 Å². The minimum absolute atomic E-state index is 0.0513. The molecule has 1 unspecified atom stereocenters. The zero-order chi connectivity index (χ0) is 16.3. The largest absolute Gasteiger partial charge is 0.416 e. The average molecular weight is 308 g/mol. The van der Waals surface area contributed by atoms with E-state index in [1.54, 1.807) is 25.9 Å². The van der Waals surface area contributed by atoms with Crippen molar-refractivity contribution < 1.29 is 22.7 Å². The first-order chi connectivity index (χ1) is 9.51. The minimum atomic E-state index is -4.61. The molecule has 0 amide bonds. The van der Waals surface area contributed by atoms with Gasteiger partial charge in [-0.05, 0) is 38.7 Å². The summed E-state index contributed by atoms with van der Waals surface area (Å²) in [6.07, 6.45) is -4.61. The maximum absolute atomic E-state index is 13.0. The summed E-state index contributed by atoms with van der Waals surface area (Å²) in [6, 6.07) is 2.57. The molecule has 0 bridgehead atoms. The zero-order valence-electron chi connectivity index (χ0n) is 12.3. The first-order valence-corrected chi connectivity index (χ1v) is 6.45. The van der Waals surface area contributed by atoms with Crippen LogP contribution in [0.2, 0.25) is 0 Å². The molecule has 0 saturated heterocycles. The molecule has 21 heavy (non-hydrogen) atoms. The van der Waals surface area contributed by atoms with Crippen molar-refractivity contribution in [3.63, 3.8) is 0 Å². The van der Waals surface area contributed by atoms with E-state index in [0.717, 1.165) is 12.1 Å². The van der Waals surface area contributed by atoms with Crippen molar-refractivity contribution in [3.8, 4) is 0 Å². The Bertz CT molecular complexity index is 473. The average Bonchev–Trinajstić information content (AvgIpc) is 2.27. The second kappa shape index (κ2) is 6.72. The van der Waals surface area contributed by atoms with Gasteiger partial charge < -0.3 is 15.3 Å². The van der Waals surface area contributed by atoms with Crippen molar-refractivity contribution in [3.05, 3.63) is 35.1 Å². The summed E-state index contributed by atoms with van der Waals surface area (Å²) in [5.41, 5.74) is -2.12. The highest BCUT2D eigenvalue weighted by Crippen LogP contribution is 2.32. The molecule has 0 aliphatic carbocycles. The lowest BCUT2D eigenvalue weighted by Gasteiger charge is -2.27. The maximum Gasteiger partial charge on any atom is 0.416 e. The number of alkyl halides is 3. The molecule has 1 aromatic rings. The Kier molecular flexibility index (Phi) is 5.72. The van der Waals surface area contributed by atoms with Gasteiger partial charge in [0.05, 0.1) is 11.2 Å². The van der Waals surface area contributed by atoms with E-state index >= 15 is 0 Å². The van der Waals surface area contributed by atoms with Crippen LogP contribution in [0.1, 0.15) is 18.1 Å². The van der Waals surface area contributed by atoms with E-state index in [4.69, 9.17) is 0 Å². The minimum Gasteiger partial charge on any atom is -0.388 e. The molecule has 0 saturated carbocycles. The van der Waals surface area contributed by atoms with Gasteiger partial charge in [0.2, 0.25) is 0 Å². The highest BCUT2D eigenvalue weighted by atomic mass is 19.4. The number of halogens is 4. The molecule has 7 heteroatoms. The van der Waals surface area contributed by atoms with Crippen molar-refractivity contribution >= 4 is 0 Å². The van der Waals surface area contributed by atoms with Gasteiger partial charge in [-0.2, -0.15) is 13.2 Å². The van der Waals surface area contributed by atoms with E-state index in [-0.39, 0.29) is 18.7 Å². The van der Waals surface area contributed by atoms with Crippen molar-refractivity contribution in [1.82, 2.24) is 10.2 Å². The van der Waals surface area contributed by atoms with E-state index in [9.17, 15) is 22.7 Å². The number of hydrogen-bond donors (Lipinski definition) is 2. The number of benzene rings is 1. The highest BCUT2D eigenvalue weighted by molar-refractivity contribution is 5.30. The molecule has 3 nitrogen and oxygen atoms in total. The van der Waals surface area contributed by atoms with Gasteiger partial charge in [0.15, 0.2) is 0 Å². The Morgan fingerprint density at radius 3 is 2.38 bits per heavy atom. The van der Waals surface area contributed by atoms with E-state index in [1.807, 2.05) is 0 Å². The molecule has 0 heterocycles. The first kappa shape index (κ1) is 17.9. The Morgan fingerprint density at radius 2 is 1.86 bits per heavy atom. The normalized spacial score (nSPS) is 15.3. The Hall–Kier alpha value is -1.18. The SMILES string of the molecule is CN(C)CC(C)(O)CNCc1ccc(F)cc1C(F)(F)F. The second-order valence-electron chi connectivity index (χ2n) is 5.64. The van der Waals surface area contributed by atoms with Gasteiger partial charge in [-0.3, -0.25) is 0 Å². The molecule has 1 atom stereocenters. The van der Waals surface area contributed by atoms with Crippen molar-refractivity contribution in [2.24, 2.45) is 0 Å². The molecule has 0 radical (unpaired) electrons. The van der Waals surface area contributed by atoms with Crippen molar-refractivity contribution in [2.45, 2.75) is 25.2 Å². The van der Waals surface area contributed by atoms with Crippen LogP contribution in [0.15, 0.2) is 18.2 Å². The Labute approximate surface area is 121 Å². The quantitative estimate of drug-likeness (QED) is 0.791. The summed E-state index contributed by atoms with van der Waals surface area (Å²) < 4.78 is 51.4. The number of aliphatic hydroxyl groups is 1. The van der Waals surface area contributed by atoms with Crippen LogP contribution in [0.3, 0.4) is 0 Å². The van der Waals surface area contributed by atoms with Crippen LogP contribution in [0, 0.1) is 5.82 Å². The molecule has 0 aliphatic heterocycles. The lowest BCUT2D eigenvalue weighted by atomic mass is 10.0. The molecule has 2 N–H and O–H groups in total. The fraction of sp³-hybridized carbons (Fsp3) is 0.571. The highest BCUT2D eigenvalue weighted by Gasteiger charge is 2.33. The third-order valence-corrected chi connectivity index (χ3v) is 2.86. The van der Waals surface area contributed by atoms with Crippen molar-refractivity contribution in [2.75, 3.05) is 27.2 Å². The molecule has 1 aromatic carbocycles. The van der Waals surface area contributed by atoms with Gasteiger partial charge >= 0.3 is 6.18 Å². The lowest BCUT2D eigenvalue weighted by Crippen LogP contribution is -2.45. The number of nitrogens with one attached hydrogen (secondary N) is 1. The third kappa shape index (κ3) is 5.99. The summed E-state index contributed by atoms with van der Waals surface area (Å²) in [6.45, 7) is 1.99. The fourth-order valence-electron chi connectivity index (χ4n) is 2.17. The predicted octanol–water partition coefficient (Wildman–Crippen LogP) is 2.25. The van der Waals surface area contributed by atoms with Gasteiger partial charge in [0.25, 0.3) is 0 Å². The maximum atomic E-state index is 13.0. The van der Waals surface area contributed by atoms with Gasteiger partial charge in [0.1, 0.15) is 5.82 Å². The standard InChI is InChI=1S/C14H20F4N2O/c1-13(21,9-20(2)3)8-19-7-10-4-5-11(15)6-12(10)14(16,17)18/h4-6,19,21H,7-9H2,1-3H3. The molecular weight excluding hydrogens is 288 g/mol. The lowest BCUT2D eigenvalue weighted by molar-refractivity contribution is -0.138. The van der Waals surface area contributed by atoms with Crippen LogP contribution in [-0.2, 0) is 12.7 Å². The topological polar surface area (TPSA) is 35.5 Å². The number of nitrogens with zero attached hydrogens (tertiary/aromatic N) is 1. The van der Waals surface area contributed by atoms with Gasteiger partial charge in [0, 0.05) is 19.6 Å². The summed E-state index contributed by atoms with van der Waals surface area (Å²) in [5, 5.41) is 12.8. The monoisotopic (exact) mass is 308 g/mol. The van der Waals surface area contributed by atoms with Gasteiger partial charge in [-0.15, -0.1) is 0 Å². The van der Waals surface area contributed by atoms with Crippen LogP contribution in [0.4, 0.5) is 17.6 Å².